The first-order valence-corrected chi connectivity index (χ1v) is 8.61. The van der Waals surface area contributed by atoms with Crippen molar-refractivity contribution in [1.29, 1.82) is 0 Å². The number of hydrogen-bond donors (Lipinski definition) is 1. The SMILES string of the molecule is CC(=O)NCc1ccc(S(=O)(=O)Oc2ccc(F)cc2Cl)s1. The molecule has 0 bridgehead atoms. The molecule has 0 fully saturated rings. The van der Waals surface area contributed by atoms with Crippen molar-refractivity contribution in [3.8, 4) is 5.75 Å². The Bertz CT molecular complexity index is 804. The van der Waals surface area contributed by atoms with Crippen LogP contribution < -0.4 is 9.50 Å². The van der Waals surface area contributed by atoms with Crippen molar-refractivity contribution in [3.63, 3.8) is 0 Å². The van der Waals surface area contributed by atoms with Gasteiger partial charge in [0.1, 0.15) is 5.82 Å². The Morgan fingerprint density at radius 2 is 2.09 bits per heavy atom. The van der Waals surface area contributed by atoms with Crippen LogP contribution >= 0.6 is 22.9 Å². The van der Waals surface area contributed by atoms with E-state index in [-0.39, 0.29) is 27.4 Å². The molecule has 0 atom stereocenters. The van der Waals surface area contributed by atoms with Gasteiger partial charge in [-0.15, -0.1) is 11.3 Å². The number of benzene rings is 1. The molecule has 5 nitrogen and oxygen atoms in total. The summed E-state index contributed by atoms with van der Waals surface area (Å²) in [5.74, 6) is -0.963. The zero-order chi connectivity index (χ0) is 16.3. The minimum Gasteiger partial charge on any atom is -0.377 e. The largest absolute Gasteiger partial charge is 0.377 e. The van der Waals surface area contributed by atoms with E-state index in [9.17, 15) is 17.6 Å². The molecular formula is C13H11ClFNO4S2. The number of carbonyl (C=O) groups is 1. The molecule has 2 rings (SSSR count). The Balaban J connectivity index is 2.18. The van der Waals surface area contributed by atoms with Crippen LogP contribution in [0, 0.1) is 5.82 Å². The van der Waals surface area contributed by atoms with Crippen LogP contribution in [0.3, 0.4) is 0 Å². The van der Waals surface area contributed by atoms with Crippen LogP contribution in [0.2, 0.25) is 5.02 Å². The van der Waals surface area contributed by atoms with Gasteiger partial charge >= 0.3 is 10.1 Å². The van der Waals surface area contributed by atoms with E-state index in [2.05, 4.69) is 5.32 Å². The Kier molecular flexibility index (Phi) is 5.05. The monoisotopic (exact) mass is 363 g/mol. The fourth-order valence-corrected chi connectivity index (χ4v) is 3.96. The average Bonchev–Trinajstić information content (AvgIpc) is 2.89. The van der Waals surface area contributed by atoms with Crippen molar-refractivity contribution in [2.24, 2.45) is 0 Å². The molecule has 0 aliphatic carbocycles. The maximum Gasteiger partial charge on any atom is 0.348 e. The molecule has 0 aliphatic heterocycles. The molecule has 1 N–H and O–H groups in total. The van der Waals surface area contributed by atoms with Crippen LogP contribution in [0.4, 0.5) is 4.39 Å². The summed E-state index contributed by atoms with van der Waals surface area (Å²) < 4.78 is 42.1. The second kappa shape index (κ2) is 6.64. The summed E-state index contributed by atoms with van der Waals surface area (Å²) in [6, 6.07) is 6.09. The van der Waals surface area contributed by atoms with E-state index in [1.165, 1.54) is 13.0 Å². The van der Waals surface area contributed by atoms with E-state index >= 15 is 0 Å². The molecular weight excluding hydrogens is 353 g/mol. The lowest BCUT2D eigenvalue weighted by Gasteiger charge is -2.06. The third-order valence-corrected chi connectivity index (χ3v) is 5.55. The molecule has 0 unspecified atom stereocenters. The van der Waals surface area contributed by atoms with E-state index in [0.717, 1.165) is 29.5 Å². The van der Waals surface area contributed by atoms with Gasteiger partial charge in [-0.05, 0) is 30.3 Å². The smallest absolute Gasteiger partial charge is 0.348 e. The number of rotatable bonds is 5. The summed E-state index contributed by atoms with van der Waals surface area (Å²) >= 11 is 6.70. The highest BCUT2D eigenvalue weighted by atomic mass is 35.5. The summed E-state index contributed by atoms with van der Waals surface area (Å²) in [4.78, 5) is 11.5. The van der Waals surface area contributed by atoms with E-state index in [4.69, 9.17) is 15.8 Å². The van der Waals surface area contributed by atoms with Crippen molar-refractivity contribution < 1.29 is 21.8 Å². The number of halogens is 2. The van der Waals surface area contributed by atoms with Crippen molar-refractivity contribution in [1.82, 2.24) is 5.32 Å². The van der Waals surface area contributed by atoms with Gasteiger partial charge in [-0.3, -0.25) is 4.79 Å². The summed E-state index contributed by atoms with van der Waals surface area (Å²) in [6.07, 6.45) is 0. The van der Waals surface area contributed by atoms with Gasteiger partial charge in [-0.25, -0.2) is 4.39 Å². The lowest BCUT2D eigenvalue weighted by atomic mass is 10.3. The summed E-state index contributed by atoms with van der Waals surface area (Å²) in [7, 11) is -4.07. The van der Waals surface area contributed by atoms with Crippen molar-refractivity contribution in [2.45, 2.75) is 17.7 Å². The van der Waals surface area contributed by atoms with Gasteiger partial charge in [-0.2, -0.15) is 8.42 Å². The molecule has 0 radical (unpaired) electrons. The zero-order valence-corrected chi connectivity index (χ0v) is 13.7. The van der Waals surface area contributed by atoms with E-state index in [0.29, 0.717) is 4.88 Å². The molecule has 9 heteroatoms. The van der Waals surface area contributed by atoms with E-state index < -0.39 is 15.9 Å². The molecule has 0 saturated heterocycles. The molecule has 1 aromatic carbocycles. The van der Waals surface area contributed by atoms with Gasteiger partial charge in [0, 0.05) is 11.8 Å². The molecule has 22 heavy (non-hydrogen) atoms. The molecule has 1 amide bonds. The van der Waals surface area contributed by atoms with Crippen LogP contribution in [0.15, 0.2) is 34.5 Å². The topological polar surface area (TPSA) is 72.5 Å². The fraction of sp³-hybridized carbons (Fsp3) is 0.154. The van der Waals surface area contributed by atoms with Gasteiger partial charge in [0.05, 0.1) is 11.6 Å². The zero-order valence-electron chi connectivity index (χ0n) is 11.3. The van der Waals surface area contributed by atoms with Crippen LogP contribution in [0.1, 0.15) is 11.8 Å². The Hall–Kier alpha value is -1.64. The predicted molar refractivity (Wildman–Crippen MR) is 81.1 cm³/mol. The quantitative estimate of drug-likeness (QED) is 0.829. The first kappa shape index (κ1) is 16.7. The highest BCUT2D eigenvalue weighted by molar-refractivity contribution is 7.89. The van der Waals surface area contributed by atoms with Crippen LogP contribution in [-0.4, -0.2) is 14.3 Å². The third kappa shape index (κ3) is 4.19. The minimum absolute atomic E-state index is 0.0340. The summed E-state index contributed by atoms with van der Waals surface area (Å²) in [5.41, 5.74) is 0. The molecule has 0 saturated carbocycles. The van der Waals surface area contributed by atoms with Gasteiger partial charge < -0.3 is 9.50 Å². The normalized spacial score (nSPS) is 11.2. The molecule has 118 valence electrons. The standard InChI is InChI=1S/C13H11ClFNO4S2/c1-8(17)16-7-10-3-5-13(21-10)22(18,19)20-12-4-2-9(15)6-11(12)14/h2-6H,7H2,1H3,(H,16,17). The number of carbonyl (C=O) groups excluding carboxylic acids is 1. The maximum atomic E-state index is 12.9. The number of hydrogen-bond acceptors (Lipinski definition) is 5. The molecule has 1 heterocycles. The van der Waals surface area contributed by atoms with E-state index in [1.807, 2.05) is 0 Å². The highest BCUT2D eigenvalue weighted by Crippen LogP contribution is 2.30. The Morgan fingerprint density at radius 1 is 1.36 bits per heavy atom. The Labute approximate surface area is 135 Å². The van der Waals surface area contributed by atoms with Crippen LogP contribution in [0.5, 0.6) is 5.75 Å². The first-order valence-electron chi connectivity index (χ1n) is 6.00. The number of nitrogens with one attached hydrogen (secondary N) is 1. The predicted octanol–water partition coefficient (Wildman–Crippen LogP) is 2.94. The van der Waals surface area contributed by atoms with Crippen LogP contribution in [-0.2, 0) is 21.5 Å². The van der Waals surface area contributed by atoms with Crippen molar-refractivity contribution in [2.75, 3.05) is 0 Å². The van der Waals surface area contributed by atoms with Gasteiger partial charge in [-0.1, -0.05) is 11.6 Å². The molecule has 2 aromatic rings. The lowest BCUT2D eigenvalue weighted by molar-refractivity contribution is -0.119. The number of thiophene rings is 1. The van der Waals surface area contributed by atoms with Gasteiger partial charge in [0.15, 0.2) is 9.96 Å². The van der Waals surface area contributed by atoms with E-state index in [1.54, 1.807) is 6.07 Å². The molecule has 1 aromatic heterocycles. The van der Waals surface area contributed by atoms with Gasteiger partial charge in [0.25, 0.3) is 0 Å². The summed E-state index contributed by atoms with van der Waals surface area (Å²) in [5, 5.41) is 2.42. The van der Waals surface area contributed by atoms with Crippen LogP contribution in [0.25, 0.3) is 0 Å². The number of amides is 1. The second-order valence-electron chi connectivity index (χ2n) is 4.24. The molecule has 0 aliphatic rings. The minimum atomic E-state index is -4.07. The van der Waals surface area contributed by atoms with Crippen molar-refractivity contribution in [3.05, 3.63) is 46.0 Å². The summed E-state index contributed by atoms with van der Waals surface area (Å²) in [6.45, 7) is 1.59. The lowest BCUT2D eigenvalue weighted by Crippen LogP contribution is -2.18. The second-order valence-corrected chi connectivity index (χ2v) is 7.59. The molecule has 0 spiro atoms. The highest BCUT2D eigenvalue weighted by Gasteiger charge is 2.21. The average molecular weight is 364 g/mol. The van der Waals surface area contributed by atoms with Gasteiger partial charge in [0.2, 0.25) is 5.91 Å². The van der Waals surface area contributed by atoms with Crippen molar-refractivity contribution >= 4 is 39.0 Å². The first-order chi connectivity index (χ1) is 10.3. The Morgan fingerprint density at radius 3 is 2.73 bits per heavy atom. The maximum absolute atomic E-state index is 12.9. The third-order valence-electron chi connectivity index (χ3n) is 2.49. The fourth-order valence-electron chi connectivity index (χ4n) is 1.50.